The fourth-order valence-electron chi connectivity index (χ4n) is 0.313. The summed E-state index contributed by atoms with van der Waals surface area (Å²) in [5.41, 5.74) is 4.98. The van der Waals surface area contributed by atoms with Gasteiger partial charge in [-0.1, -0.05) is 31.9 Å². The summed E-state index contributed by atoms with van der Waals surface area (Å²) in [6.07, 6.45) is 1.37. The Morgan fingerprint density at radius 3 is 2.17 bits per heavy atom. The fraction of sp³-hybridized carbons (Fsp3) is 0.857. The van der Waals surface area contributed by atoms with Crippen LogP contribution >= 0.6 is 31.9 Å². The van der Waals surface area contributed by atoms with Gasteiger partial charge in [0.15, 0.2) is 0 Å². The number of carbonyl (C=O) groups is 1. The maximum absolute atomic E-state index is 10.3. The Balaban J connectivity index is 0. The van der Waals surface area contributed by atoms with Crippen molar-refractivity contribution in [3.8, 4) is 0 Å². The molecule has 0 aromatic rings. The molecule has 74 valence electrons. The molecule has 0 aromatic carbocycles. The molecule has 0 rings (SSSR count). The summed E-state index contributed by atoms with van der Waals surface area (Å²) in [6, 6.07) is 0. The first-order chi connectivity index (χ1) is 5.72. The Hall–Kier alpha value is 0.390. The molecule has 0 spiro atoms. The fourth-order valence-corrected chi connectivity index (χ4v) is 0.594. The largest absolute Gasteiger partial charge is 0.469 e. The van der Waals surface area contributed by atoms with Crippen molar-refractivity contribution < 1.29 is 9.53 Å². The molecule has 0 aliphatic heterocycles. The van der Waals surface area contributed by atoms with Crippen molar-refractivity contribution in [1.82, 2.24) is 0 Å². The van der Waals surface area contributed by atoms with Crippen LogP contribution in [0.25, 0.3) is 0 Å². The lowest BCUT2D eigenvalue weighted by atomic mass is 10.3. The molecular formula is C7H15Br2NO2. The van der Waals surface area contributed by atoms with E-state index < -0.39 is 0 Å². The topological polar surface area (TPSA) is 52.3 Å². The van der Waals surface area contributed by atoms with Crippen LogP contribution in [-0.4, -0.2) is 30.3 Å². The van der Waals surface area contributed by atoms with Crippen molar-refractivity contribution in [3.63, 3.8) is 0 Å². The maximum Gasteiger partial charge on any atom is 0.305 e. The molecule has 3 nitrogen and oxygen atoms in total. The summed E-state index contributed by atoms with van der Waals surface area (Å²) in [7, 11) is 1.40. The van der Waals surface area contributed by atoms with Gasteiger partial charge in [-0.2, -0.15) is 0 Å². The van der Waals surface area contributed by atoms with E-state index >= 15 is 0 Å². The number of hydrogen-bond donors (Lipinski definition) is 1. The molecule has 5 heteroatoms. The number of halogens is 2. The Kier molecular flexibility index (Phi) is 17.3. The van der Waals surface area contributed by atoms with E-state index in [1.807, 2.05) is 0 Å². The Morgan fingerprint density at radius 1 is 1.42 bits per heavy atom. The van der Waals surface area contributed by atoms with Crippen molar-refractivity contribution in [1.29, 1.82) is 0 Å². The molecule has 2 N–H and O–H groups in total. The number of methoxy groups -OCH3 is 1. The van der Waals surface area contributed by atoms with Crippen molar-refractivity contribution in [2.45, 2.75) is 12.8 Å². The summed E-state index contributed by atoms with van der Waals surface area (Å²) in [6.45, 7) is 0.736. The molecule has 0 unspecified atom stereocenters. The minimum atomic E-state index is -0.135. The summed E-state index contributed by atoms with van der Waals surface area (Å²) in [5, 5.41) is 1.77. The third kappa shape index (κ3) is 16.8. The first-order valence-corrected chi connectivity index (χ1v) is 5.86. The van der Waals surface area contributed by atoms with Gasteiger partial charge in [0, 0.05) is 23.6 Å². The maximum atomic E-state index is 10.3. The number of hydrogen-bond acceptors (Lipinski definition) is 3. The Morgan fingerprint density at radius 2 is 1.92 bits per heavy atom. The molecule has 0 heterocycles. The number of esters is 1. The van der Waals surface area contributed by atoms with Crippen LogP contribution in [0.5, 0.6) is 0 Å². The average molecular weight is 305 g/mol. The number of rotatable bonds is 4. The molecule has 0 fully saturated rings. The van der Waals surface area contributed by atoms with Crippen molar-refractivity contribution in [3.05, 3.63) is 0 Å². The van der Waals surface area contributed by atoms with Gasteiger partial charge < -0.3 is 10.5 Å². The average Bonchev–Trinajstić information content (AvgIpc) is 2.14. The van der Waals surface area contributed by atoms with E-state index in [1.165, 1.54) is 7.11 Å². The van der Waals surface area contributed by atoms with E-state index in [0.717, 1.165) is 23.6 Å². The van der Waals surface area contributed by atoms with Gasteiger partial charge in [0.25, 0.3) is 0 Å². The first kappa shape index (κ1) is 14.9. The molecule has 0 bridgehead atoms. The smallest absolute Gasteiger partial charge is 0.305 e. The molecule has 0 radical (unpaired) electrons. The summed E-state index contributed by atoms with van der Waals surface area (Å²) >= 11 is 6.32. The second kappa shape index (κ2) is 13.9. The monoisotopic (exact) mass is 303 g/mol. The standard InChI is InChI=1S/C5H9BrO2.C2H6BrN/c1-8-5(7)3-2-4-6;3-1-2-4/h2-4H2,1H3;1-2,4H2. The van der Waals surface area contributed by atoms with E-state index in [4.69, 9.17) is 5.73 Å². The van der Waals surface area contributed by atoms with Gasteiger partial charge in [-0.15, -0.1) is 0 Å². The van der Waals surface area contributed by atoms with Crippen molar-refractivity contribution in [2.75, 3.05) is 24.3 Å². The second-order valence-corrected chi connectivity index (χ2v) is 3.43. The molecule has 0 saturated carbocycles. The highest BCUT2D eigenvalue weighted by Gasteiger charge is 1.95. The number of carbonyl (C=O) groups excluding carboxylic acids is 1. The van der Waals surface area contributed by atoms with Gasteiger partial charge in [0.2, 0.25) is 0 Å². The molecule has 12 heavy (non-hydrogen) atoms. The van der Waals surface area contributed by atoms with E-state index in [2.05, 4.69) is 36.6 Å². The first-order valence-electron chi connectivity index (χ1n) is 3.61. The quantitative estimate of drug-likeness (QED) is 0.635. The van der Waals surface area contributed by atoms with Gasteiger partial charge in [-0.3, -0.25) is 4.79 Å². The number of ether oxygens (including phenoxy) is 1. The highest BCUT2D eigenvalue weighted by molar-refractivity contribution is 9.09. The number of alkyl halides is 2. The van der Waals surface area contributed by atoms with Gasteiger partial charge >= 0.3 is 5.97 Å². The minimum Gasteiger partial charge on any atom is -0.469 e. The zero-order valence-corrected chi connectivity index (χ0v) is 10.4. The lowest BCUT2D eigenvalue weighted by Crippen LogP contribution is -1.99. The summed E-state index contributed by atoms with van der Waals surface area (Å²) in [5.74, 6) is -0.135. The van der Waals surface area contributed by atoms with E-state index in [1.54, 1.807) is 0 Å². The summed E-state index contributed by atoms with van der Waals surface area (Å²) in [4.78, 5) is 10.3. The second-order valence-electron chi connectivity index (χ2n) is 1.85. The zero-order chi connectivity index (χ0) is 9.82. The van der Waals surface area contributed by atoms with Crippen LogP contribution in [0.4, 0.5) is 0 Å². The van der Waals surface area contributed by atoms with E-state index in [0.29, 0.717) is 6.42 Å². The zero-order valence-electron chi connectivity index (χ0n) is 7.19. The summed E-state index contributed by atoms with van der Waals surface area (Å²) < 4.78 is 4.39. The highest BCUT2D eigenvalue weighted by atomic mass is 79.9. The van der Waals surface area contributed by atoms with Gasteiger partial charge in [0.1, 0.15) is 0 Å². The normalized spacial score (nSPS) is 8.33. The predicted octanol–water partition coefficient (Wildman–Crippen LogP) is 1.67. The SMILES string of the molecule is COC(=O)CCCBr.NCCBr. The van der Waals surface area contributed by atoms with Crippen LogP contribution in [0, 0.1) is 0 Å². The van der Waals surface area contributed by atoms with Crippen LogP contribution in [-0.2, 0) is 9.53 Å². The Bertz CT molecular complexity index is 99.4. The third-order valence-electron chi connectivity index (χ3n) is 0.851. The van der Waals surface area contributed by atoms with Crippen molar-refractivity contribution >= 4 is 37.8 Å². The lowest BCUT2D eigenvalue weighted by molar-refractivity contribution is -0.140. The number of nitrogens with two attached hydrogens (primary N) is 1. The minimum absolute atomic E-state index is 0.135. The Labute approximate surface area is 90.3 Å². The molecule has 0 atom stereocenters. The molecule has 0 saturated heterocycles. The van der Waals surface area contributed by atoms with Gasteiger partial charge in [-0.25, -0.2) is 0 Å². The van der Waals surface area contributed by atoms with Crippen LogP contribution < -0.4 is 5.73 Å². The van der Waals surface area contributed by atoms with Crippen LogP contribution in [0.2, 0.25) is 0 Å². The van der Waals surface area contributed by atoms with Gasteiger partial charge in [-0.05, 0) is 6.42 Å². The highest BCUT2D eigenvalue weighted by Crippen LogP contribution is 1.94. The third-order valence-corrected chi connectivity index (χ3v) is 1.87. The molecule has 0 aliphatic rings. The van der Waals surface area contributed by atoms with Crippen LogP contribution in [0.3, 0.4) is 0 Å². The molecule has 0 aromatic heterocycles. The van der Waals surface area contributed by atoms with Crippen LogP contribution in [0.1, 0.15) is 12.8 Å². The van der Waals surface area contributed by atoms with E-state index in [-0.39, 0.29) is 5.97 Å². The van der Waals surface area contributed by atoms with Crippen LogP contribution in [0.15, 0.2) is 0 Å². The lowest BCUT2D eigenvalue weighted by Gasteiger charge is -1.93. The molecule has 0 amide bonds. The van der Waals surface area contributed by atoms with E-state index in [9.17, 15) is 4.79 Å². The molecular weight excluding hydrogens is 290 g/mol. The van der Waals surface area contributed by atoms with Crippen molar-refractivity contribution in [2.24, 2.45) is 5.73 Å². The molecule has 0 aliphatic carbocycles. The predicted molar refractivity (Wildman–Crippen MR) is 57.9 cm³/mol. The van der Waals surface area contributed by atoms with Gasteiger partial charge in [0.05, 0.1) is 7.11 Å².